The third kappa shape index (κ3) is 10.4. The lowest BCUT2D eigenvalue weighted by Crippen LogP contribution is -2.44. The van der Waals surface area contributed by atoms with E-state index in [4.69, 9.17) is 9.47 Å². The Balaban J connectivity index is 1.89. The van der Waals surface area contributed by atoms with Gasteiger partial charge in [0, 0.05) is 12.2 Å². The molecule has 2 aromatic rings. The van der Waals surface area contributed by atoms with Crippen molar-refractivity contribution in [3.05, 3.63) is 65.7 Å². The van der Waals surface area contributed by atoms with Crippen molar-refractivity contribution in [2.24, 2.45) is 0 Å². The van der Waals surface area contributed by atoms with E-state index in [2.05, 4.69) is 16.0 Å². The van der Waals surface area contributed by atoms with Crippen molar-refractivity contribution in [3.8, 4) is 0 Å². The molecule has 3 amide bonds. The minimum atomic E-state index is -0.788. The van der Waals surface area contributed by atoms with Gasteiger partial charge >= 0.3 is 12.2 Å². The zero-order chi connectivity index (χ0) is 25.0. The van der Waals surface area contributed by atoms with Crippen LogP contribution in [0.4, 0.5) is 15.3 Å². The van der Waals surface area contributed by atoms with E-state index in [1.165, 1.54) is 0 Å². The van der Waals surface area contributed by atoms with Crippen LogP contribution in [0.1, 0.15) is 51.2 Å². The lowest BCUT2D eigenvalue weighted by Gasteiger charge is -2.20. The number of amides is 3. The predicted octanol–water partition coefficient (Wildman–Crippen LogP) is 4.92. The minimum absolute atomic E-state index is 0.110. The van der Waals surface area contributed by atoms with E-state index in [9.17, 15) is 14.4 Å². The van der Waals surface area contributed by atoms with Gasteiger partial charge < -0.3 is 25.4 Å². The second-order valence-corrected chi connectivity index (χ2v) is 8.99. The van der Waals surface area contributed by atoms with Crippen LogP contribution in [-0.2, 0) is 20.9 Å². The Kier molecular flexibility index (Phi) is 10.4. The van der Waals surface area contributed by atoms with Gasteiger partial charge in [0.25, 0.3) is 0 Å². The first-order valence-corrected chi connectivity index (χ1v) is 11.4. The number of rotatable bonds is 10. The number of ether oxygens (including phenoxy) is 2. The Bertz CT molecular complexity index is 941. The predicted molar refractivity (Wildman–Crippen MR) is 131 cm³/mol. The quantitative estimate of drug-likeness (QED) is 0.428. The van der Waals surface area contributed by atoms with Crippen LogP contribution in [0.15, 0.2) is 54.6 Å². The van der Waals surface area contributed by atoms with Crippen LogP contribution in [0.2, 0.25) is 0 Å². The highest BCUT2D eigenvalue weighted by molar-refractivity contribution is 5.97. The third-order valence-electron chi connectivity index (χ3n) is 4.81. The number of para-hydroxylation sites is 1. The van der Waals surface area contributed by atoms with Gasteiger partial charge in [-0.25, -0.2) is 9.59 Å². The molecule has 0 bridgehead atoms. The molecule has 0 aliphatic heterocycles. The molecule has 8 nitrogen and oxygen atoms in total. The van der Waals surface area contributed by atoms with Gasteiger partial charge in [0.1, 0.15) is 18.2 Å². The second kappa shape index (κ2) is 13.2. The number of benzene rings is 2. The van der Waals surface area contributed by atoms with Gasteiger partial charge in [-0.1, -0.05) is 48.5 Å². The molecule has 8 heteroatoms. The summed E-state index contributed by atoms with van der Waals surface area (Å²) in [5.41, 5.74) is 1.89. The Hall–Kier alpha value is -3.55. The topological polar surface area (TPSA) is 106 Å². The average Bonchev–Trinajstić information content (AvgIpc) is 2.77. The molecule has 3 N–H and O–H groups in total. The van der Waals surface area contributed by atoms with Gasteiger partial charge in [-0.3, -0.25) is 4.79 Å². The van der Waals surface area contributed by atoms with Crippen LogP contribution in [0, 0.1) is 6.92 Å². The number of hydrogen-bond acceptors (Lipinski definition) is 5. The molecule has 0 aromatic heterocycles. The van der Waals surface area contributed by atoms with E-state index in [0.717, 1.165) is 11.1 Å². The molecule has 0 aliphatic rings. The molecule has 184 valence electrons. The van der Waals surface area contributed by atoms with E-state index in [1.54, 1.807) is 20.8 Å². The van der Waals surface area contributed by atoms with Crippen LogP contribution in [0.3, 0.4) is 0 Å². The fourth-order valence-electron chi connectivity index (χ4n) is 3.09. The van der Waals surface area contributed by atoms with E-state index >= 15 is 0 Å². The molecule has 0 radical (unpaired) electrons. The van der Waals surface area contributed by atoms with Gasteiger partial charge in [0.05, 0.1) is 0 Å². The van der Waals surface area contributed by atoms with Crippen LogP contribution in [0.25, 0.3) is 0 Å². The molecule has 0 saturated carbocycles. The maximum absolute atomic E-state index is 12.9. The maximum atomic E-state index is 12.9. The summed E-state index contributed by atoms with van der Waals surface area (Å²) in [5.74, 6) is -0.328. The van der Waals surface area contributed by atoms with Crippen LogP contribution < -0.4 is 16.0 Å². The summed E-state index contributed by atoms with van der Waals surface area (Å²) in [6.45, 7) is 7.80. The fourth-order valence-corrected chi connectivity index (χ4v) is 3.09. The zero-order valence-electron chi connectivity index (χ0n) is 20.4. The van der Waals surface area contributed by atoms with Crippen molar-refractivity contribution in [2.45, 2.75) is 65.2 Å². The molecule has 34 heavy (non-hydrogen) atoms. The van der Waals surface area contributed by atoms with Crippen molar-refractivity contribution in [1.82, 2.24) is 10.6 Å². The van der Waals surface area contributed by atoms with Crippen molar-refractivity contribution < 1.29 is 23.9 Å². The van der Waals surface area contributed by atoms with Crippen LogP contribution >= 0.6 is 0 Å². The van der Waals surface area contributed by atoms with E-state index in [1.807, 2.05) is 61.5 Å². The molecule has 0 spiro atoms. The first-order valence-electron chi connectivity index (χ1n) is 11.4. The van der Waals surface area contributed by atoms with Crippen LogP contribution in [-0.4, -0.2) is 36.3 Å². The highest BCUT2D eigenvalue weighted by Gasteiger charge is 2.22. The largest absolute Gasteiger partial charge is 0.445 e. The number of hydrogen-bond donors (Lipinski definition) is 3. The van der Waals surface area contributed by atoms with Crippen molar-refractivity contribution in [2.75, 3.05) is 11.9 Å². The molecule has 0 unspecified atom stereocenters. The van der Waals surface area contributed by atoms with Gasteiger partial charge in [-0.15, -0.1) is 0 Å². The summed E-state index contributed by atoms with van der Waals surface area (Å²) in [5, 5.41) is 8.24. The average molecular weight is 470 g/mol. The molecule has 2 aromatic carbocycles. The summed E-state index contributed by atoms with van der Waals surface area (Å²) in [7, 11) is 0. The summed E-state index contributed by atoms with van der Waals surface area (Å²) in [4.78, 5) is 37.1. The molecule has 0 saturated heterocycles. The summed E-state index contributed by atoms with van der Waals surface area (Å²) >= 11 is 0. The van der Waals surface area contributed by atoms with Crippen molar-refractivity contribution in [1.29, 1.82) is 0 Å². The number of unbranched alkanes of at least 4 members (excludes halogenated alkanes) is 1. The zero-order valence-corrected chi connectivity index (χ0v) is 20.4. The maximum Gasteiger partial charge on any atom is 0.408 e. The molecule has 0 aliphatic carbocycles. The molecule has 0 heterocycles. The van der Waals surface area contributed by atoms with Gasteiger partial charge in [-0.2, -0.15) is 0 Å². The number of aryl methyl sites for hydroxylation is 1. The molecule has 1 atom stereocenters. The molecule has 2 rings (SSSR count). The van der Waals surface area contributed by atoms with E-state index in [0.29, 0.717) is 31.5 Å². The Labute approximate surface area is 201 Å². The molecular weight excluding hydrogens is 434 g/mol. The first kappa shape index (κ1) is 26.7. The lowest BCUT2D eigenvalue weighted by molar-refractivity contribution is -0.118. The smallest absolute Gasteiger partial charge is 0.408 e. The monoisotopic (exact) mass is 469 g/mol. The number of carbonyl (C=O) groups is 3. The van der Waals surface area contributed by atoms with Crippen LogP contribution in [0.5, 0.6) is 0 Å². The Morgan fingerprint density at radius 3 is 2.26 bits per heavy atom. The number of carbonyl (C=O) groups excluding carboxylic acids is 3. The summed E-state index contributed by atoms with van der Waals surface area (Å²) in [6, 6.07) is 16.0. The first-order chi connectivity index (χ1) is 16.1. The van der Waals surface area contributed by atoms with Gasteiger partial charge in [-0.05, 0) is 64.2 Å². The highest BCUT2D eigenvalue weighted by atomic mass is 16.6. The lowest BCUT2D eigenvalue weighted by atomic mass is 10.1. The number of alkyl carbamates (subject to hydrolysis) is 2. The SMILES string of the molecule is Cc1ccccc1NC(=O)[C@@H](CCCCNC(=O)OC(C)(C)C)NC(=O)OCc1ccccc1. The normalized spacial score (nSPS) is 11.8. The van der Waals surface area contributed by atoms with Crippen molar-refractivity contribution in [3.63, 3.8) is 0 Å². The van der Waals surface area contributed by atoms with E-state index < -0.39 is 23.8 Å². The minimum Gasteiger partial charge on any atom is -0.445 e. The van der Waals surface area contributed by atoms with E-state index in [-0.39, 0.29) is 12.5 Å². The standard InChI is InChI=1S/C26H35N3O5/c1-19-12-8-9-15-21(19)28-23(30)22(16-10-11-17-27-24(31)34-26(2,3)4)29-25(32)33-18-20-13-6-5-7-14-20/h5-9,12-15,22H,10-11,16-18H2,1-4H3,(H,27,31)(H,28,30)(H,29,32)/t22-/m1/s1. The van der Waals surface area contributed by atoms with Gasteiger partial charge in [0.2, 0.25) is 5.91 Å². The molecule has 0 fully saturated rings. The molecular formula is C26H35N3O5. The fraction of sp³-hybridized carbons (Fsp3) is 0.423. The summed E-state index contributed by atoms with van der Waals surface area (Å²) in [6.07, 6.45) is 0.452. The second-order valence-electron chi connectivity index (χ2n) is 8.99. The number of nitrogens with one attached hydrogen (secondary N) is 3. The number of anilines is 1. The Morgan fingerprint density at radius 1 is 0.912 bits per heavy atom. The summed E-state index contributed by atoms with van der Waals surface area (Å²) < 4.78 is 10.5. The highest BCUT2D eigenvalue weighted by Crippen LogP contribution is 2.15. The van der Waals surface area contributed by atoms with Gasteiger partial charge in [0.15, 0.2) is 0 Å². The third-order valence-corrected chi connectivity index (χ3v) is 4.81. The van der Waals surface area contributed by atoms with Crippen molar-refractivity contribution >= 4 is 23.8 Å². The Morgan fingerprint density at radius 2 is 1.59 bits per heavy atom.